The molecule has 1 fully saturated rings. The molecule has 2 heterocycles. The fraction of sp³-hybridized carbons (Fsp3) is 0.286. The third kappa shape index (κ3) is 3.93. The first kappa shape index (κ1) is 19.7. The van der Waals surface area contributed by atoms with Crippen molar-refractivity contribution in [1.29, 1.82) is 0 Å². The second-order valence-electron chi connectivity index (χ2n) is 6.98. The Hall–Kier alpha value is -2.64. The Labute approximate surface area is 177 Å². The van der Waals surface area contributed by atoms with Gasteiger partial charge in [-0.1, -0.05) is 29.0 Å². The van der Waals surface area contributed by atoms with Gasteiger partial charge < -0.3 is 15.0 Å². The molecule has 1 atom stereocenters. The van der Waals surface area contributed by atoms with Crippen molar-refractivity contribution in [1.82, 2.24) is 9.88 Å². The van der Waals surface area contributed by atoms with Gasteiger partial charge in [0.15, 0.2) is 5.13 Å². The second kappa shape index (κ2) is 8.00. The lowest BCUT2D eigenvalue weighted by atomic mass is 10.1. The number of fused-ring (bicyclic) bond motifs is 1. The Bertz CT molecular complexity index is 1100. The lowest BCUT2D eigenvalue weighted by molar-refractivity contribution is -0.119. The molecular weight excluding hydrogens is 410 g/mol. The van der Waals surface area contributed by atoms with Crippen LogP contribution in [0.4, 0.5) is 5.13 Å². The predicted octanol–water partition coefficient (Wildman–Crippen LogP) is 4.51. The monoisotopic (exact) mass is 429 g/mol. The number of rotatable bonds is 4. The Morgan fingerprint density at radius 2 is 2.10 bits per heavy atom. The van der Waals surface area contributed by atoms with E-state index in [1.807, 2.05) is 25.1 Å². The number of aromatic nitrogens is 1. The minimum atomic E-state index is -0.556. The molecule has 0 saturated carbocycles. The Morgan fingerprint density at radius 1 is 1.28 bits per heavy atom. The Morgan fingerprint density at radius 3 is 2.90 bits per heavy atom. The maximum Gasteiger partial charge on any atom is 0.258 e. The summed E-state index contributed by atoms with van der Waals surface area (Å²) in [6.07, 6.45) is 1.36. The van der Waals surface area contributed by atoms with Gasteiger partial charge in [-0.3, -0.25) is 9.59 Å². The molecule has 150 valence electrons. The van der Waals surface area contributed by atoms with E-state index in [0.717, 1.165) is 22.2 Å². The van der Waals surface area contributed by atoms with E-state index in [1.165, 1.54) is 18.4 Å². The number of hydrogen-bond acceptors (Lipinski definition) is 5. The van der Waals surface area contributed by atoms with E-state index in [-0.39, 0.29) is 11.8 Å². The van der Waals surface area contributed by atoms with Crippen molar-refractivity contribution in [3.8, 4) is 5.75 Å². The van der Waals surface area contributed by atoms with Crippen LogP contribution in [0, 0.1) is 6.92 Å². The number of likely N-dealkylation sites (tertiary alicyclic amines) is 1. The smallest absolute Gasteiger partial charge is 0.258 e. The third-order valence-corrected chi connectivity index (χ3v) is 6.15. The summed E-state index contributed by atoms with van der Waals surface area (Å²) < 4.78 is 6.32. The Kier molecular flexibility index (Phi) is 5.43. The quantitative estimate of drug-likeness (QED) is 0.662. The van der Waals surface area contributed by atoms with Crippen LogP contribution in [0.3, 0.4) is 0 Å². The molecule has 6 nitrogen and oxygen atoms in total. The highest BCUT2D eigenvalue weighted by Crippen LogP contribution is 2.30. The molecule has 2 aromatic carbocycles. The first-order valence-corrected chi connectivity index (χ1v) is 10.5. The van der Waals surface area contributed by atoms with E-state index in [9.17, 15) is 9.59 Å². The lowest BCUT2D eigenvalue weighted by Crippen LogP contribution is -2.43. The average molecular weight is 430 g/mol. The molecule has 8 heteroatoms. The molecule has 0 radical (unpaired) electrons. The van der Waals surface area contributed by atoms with Crippen LogP contribution >= 0.6 is 22.9 Å². The number of halogens is 1. The summed E-state index contributed by atoms with van der Waals surface area (Å²) in [5, 5.41) is 3.87. The van der Waals surface area contributed by atoms with Gasteiger partial charge in [0.1, 0.15) is 11.8 Å². The number of nitrogens with one attached hydrogen (secondary N) is 1. The summed E-state index contributed by atoms with van der Waals surface area (Å²) in [6, 6.07) is 10.3. The van der Waals surface area contributed by atoms with Gasteiger partial charge in [0.2, 0.25) is 5.91 Å². The number of benzene rings is 2. The van der Waals surface area contributed by atoms with E-state index >= 15 is 0 Å². The lowest BCUT2D eigenvalue weighted by Gasteiger charge is -2.24. The number of hydrogen-bond donors (Lipinski definition) is 1. The highest BCUT2D eigenvalue weighted by atomic mass is 35.5. The molecule has 0 spiro atoms. The first-order chi connectivity index (χ1) is 14.0. The van der Waals surface area contributed by atoms with Crippen molar-refractivity contribution >= 4 is 50.1 Å². The maximum atomic E-state index is 13.1. The van der Waals surface area contributed by atoms with Gasteiger partial charge in [-0.05, 0) is 55.7 Å². The number of methoxy groups -OCH3 is 1. The van der Waals surface area contributed by atoms with E-state index < -0.39 is 6.04 Å². The molecule has 0 aliphatic carbocycles. The van der Waals surface area contributed by atoms with E-state index in [1.54, 1.807) is 23.1 Å². The normalized spacial score (nSPS) is 16.2. The molecule has 1 aromatic heterocycles. The van der Waals surface area contributed by atoms with Crippen LogP contribution in [0.25, 0.3) is 10.2 Å². The van der Waals surface area contributed by atoms with E-state index in [0.29, 0.717) is 34.4 Å². The molecule has 1 aliphatic heterocycles. The third-order valence-electron chi connectivity index (χ3n) is 4.98. The molecule has 29 heavy (non-hydrogen) atoms. The van der Waals surface area contributed by atoms with Crippen LogP contribution in [0.2, 0.25) is 5.02 Å². The maximum absolute atomic E-state index is 13.1. The number of thiazole rings is 1. The first-order valence-electron chi connectivity index (χ1n) is 9.29. The number of anilines is 1. The fourth-order valence-electron chi connectivity index (χ4n) is 3.56. The van der Waals surface area contributed by atoms with Crippen molar-refractivity contribution in [2.24, 2.45) is 0 Å². The van der Waals surface area contributed by atoms with Crippen molar-refractivity contribution in [2.45, 2.75) is 25.8 Å². The number of aryl methyl sites for hydroxylation is 1. The SMILES string of the molecule is COc1ccc(Cl)cc1C(=O)N1CCCC1C(=O)Nc1nc2ccc(C)cc2s1. The zero-order valence-corrected chi connectivity index (χ0v) is 17.6. The fourth-order valence-corrected chi connectivity index (χ4v) is 4.70. The van der Waals surface area contributed by atoms with Gasteiger partial charge in [0.25, 0.3) is 5.91 Å². The molecule has 2 amide bonds. The van der Waals surface area contributed by atoms with Crippen LogP contribution in [-0.4, -0.2) is 41.4 Å². The summed E-state index contributed by atoms with van der Waals surface area (Å²) in [7, 11) is 1.50. The van der Waals surface area contributed by atoms with E-state index in [2.05, 4.69) is 10.3 Å². The predicted molar refractivity (Wildman–Crippen MR) is 115 cm³/mol. The minimum Gasteiger partial charge on any atom is -0.496 e. The van der Waals surface area contributed by atoms with E-state index in [4.69, 9.17) is 16.3 Å². The summed E-state index contributed by atoms with van der Waals surface area (Å²) in [6.45, 7) is 2.52. The zero-order valence-electron chi connectivity index (χ0n) is 16.1. The summed E-state index contributed by atoms with van der Waals surface area (Å²) in [5.41, 5.74) is 2.34. The summed E-state index contributed by atoms with van der Waals surface area (Å²) >= 11 is 7.50. The van der Waals surface area contributed by atoms with Crippen molar-refractivity contribution < 1.29 is 14.3 Å². The number of ether oxygens (including phenoxy) is 1. The topological polar surface area (TPSA) is 71.5 Å². The standard InChI is InChI=1S/C21H20ClN3O3S/c1-12-5-7-15-18(10-12)29-21(23-15)24-19(26)16-4-3-9-25(16)20(27)14-11-13(22)6-8-17(14)28-2/h5-8,10-11,16H,3-4,9H2,1-2H3,(H,23,24,26). The second-order valence-corrected chi connectivity index (χ2v) is 8.45. The molecule has 0 bridgehead atoms. The summed E-state index contributed by atoms with van der Waals surface area (Å²) in [4.78, 5) is 32.1. The van der Waals surface area contributed by atoms with Crippen LogP contribution in [-0.2, 0) is 4.79 Å². The number of nitrogens with zero attached hydrogens (tertiary/aromatic N) is 2. The minimum absolute atomic E-state index is 0.229. The molecule has 1 unspecified atom stereocenters. The summed E-state index contributed by atoms with van der Waals surface area (Å²) in [5.74, 6) is -0.0541. The van der Waals surface area contributed by atoms with Crippen LogP contribution in [0.1, 0.15) is 28.8 Å². The van der Waals surface area contributed by atoms with Crippen molar-refractivity contribution in [3.05, 3.63) is 52.5 Å². The zero-order chi connectivity index (χ0) is 20.5. The average Bonchev–Trinajstić information content (AvgIpc) is 3.33. The molecule has 4 rings (SSSR count). The van der Waals surface area contributed by atoms with Gasteiger partial charge >= 0.3 is 0 Å². The van der Waals surface area contributed by atoms with Gasteiger partial charge in [-0.25, -0.2) is 4.98 Å². The van der Waals surface area contributed by atoms with Crippen LogP contribution in [0.5, 0.6) is 5.75 Å². The van der Waals surface area contributed by atoms with Crippen LogP contribution in [0.15, 0.2) is 36.4 Å². The molecule has 1 N–H and O–H groups in total. The Balaban J connectivity index is 1.55. The largest absolute Gasteiger partial charge is 0.496 e. The van der Waals surface area contributed by atoms with Gasteiger partial charge in [-0.2, -0.15) is 0 Å². The number of amides is 2. The van der Waals surface area contributed by atoms with Gasteiger partial charge in [0.05, 0.1) is 22.9 Å². The molecule has 1 saturated heterocycles. The molecule has 3 aromatic rings. The number of carbonyl (C=O) groups excluding carboxylic acids is 2. The van der Waals surface area contributed by atoms with Gasteiger partial charge in [-0.15, -0.1) is 0 Å². The molecule has 1 aliphatic rings. The van der Waals surface area contributed by atoms with Crippen LogP contribution < -0.4 is 10.1 Å². The number of carbonyl (C=O) groups is 2. The van der Waals surface area contributed by atoms with Crippen molar-refractivity contribution in [2.75, 3.05) is 19.0 Å². The molecular formula is C21H20ClN3O3S. The highest BCUT2D eigenvalue weighted by Gasteiger charge is 2.36. The highest BCUT2D eigenvalue weighted by molar-refractivity contribution is 7.22. The van der Waals surface area contributed by atoms with Gasteiger partial charge in [0, 0.05) is 11.6 Å². The van der Waals surface area contributed by atoms with Crippen molar-refractivity contribution in [3.63, 3.8) is 0 Å².